The number of hydrogen-bond donors (Lipinski definition) is 1. The molecule has 0 saturated carbocycles. The second-order valence-corrected chi connectivity index (χ2v) is 3.48. The molecule has 1 aliphatic heterocycles. The molecule has 5 nitrogen and oxygen atoms in total. The summed E-state index contributed by atoms with van der Waals surface area (Å²) in [6, 6.07) is 5.04. The van der Waals surface area contributed by atoms with Gasteiger partial charge in [0, 0.05) is 12.1 Å². The Kier molecular flexibility index (Phi) is 2.82. The minimum Gasteiger partial charge on any atom is -0.497 e. The molecule has 0 bridgehead atoms. The van der Waals surface area contributed by atoms with Crippen molar-refractivity contribution in [3.63, 3.8) is 0 Å². The molecule has 0 radical (unpaired) electrons. The Bertz CT molecular complexity index is 497. The Labute approximate surface area is 98.0 Å². The van der Waals surface area contributed by atoms with Crippen LogP contribution in [0.4, 0.5) is 0 Å². The molecule has 1 heterocycles. The molecule has 0 aromatic heterocycles. The highest BCUT2D eigenvalue weighted by Gasteiger charge is 2.22. The molecule has 0 fully saturated rings. The molecule has 5 heteroatoms. The Morgan fingerprint density at radius 3 is 2.00 bits per heavy atom. The van der Waals surface area contributed by atoms with Gasteiger partial charge < -0.3 is 9.47 Å². The molecular weight excluding hydrogens is 222 g/mol. The first-order valence-corrected chi connectivity index (χ1v) is 4.94. The summed E-state index contributed by atoms with van der Waals surface area (Å²) < 4.78 is 10.2. The maximum absolute atomic E-state index is 11.5. The van der Waals surface area contributed by atoms with Gasteiger partial charge in [-0.3, -0.25) is 14.9 Å². The predicted molar refractivity (Wildman–Crippen MR) is 60.7 cm³/mol. The molecule has 1 N–H and O–H groups in total. The van der Waals surface area contributed by atoms with Crippen LogP contribution in [0.25, 0.3) is 5.57 Å². The first kappa shape index (κ1) is 11.2. The smallest absolute Gasteiger partial charge is 0.258 e. The van der Waals surface area contributed by atoms with Crippen LogP contribution in [0.1, 0.15) is 5.56 Å². The number of methoxy groups -OCH3 is 2. The normalized spacial score (nSPS) is 14.4. The lowest BCUT2D eigenvalue weighted by Crippen LogP contribution is -2.21. The SMILES string of the molecule is COc1cc(OC)cc(C2=CC(=O)NC2=O)c1. The first-order chi connectivity index (χ1) is 8.13. The summed E-state index contributed by atoms with van der Waals surface area (Å²) in [4.78, 5) is 22.6. The summed E-state index contributed by atoms with van der Waals surface area (Å²) >= 11 is 0. The number of carbonyl (C=O) groups excluding carboxylic acids is 2. The van der Waals surface area contributed by atoms with Crippen LogP contribution in [-0.4, -0.2) is 26.0 Å². The minimum atomic E-state index is -0.412. The lowest BCUT2D eigenvalue weighted by molar-refractivity contribution is -0.123. The van der Waals surface area contributed by atoms with Crippen LogP contribution in [0, 0.1) is 0 Å². The Balaban J connectivity index is 2.48. The van der Waals surface area contributed by atoms with Crippen LogP contribution < -0.4 is 14.8 Å². The van der Waals surface area contributed by atoms with Crippen molar-refractivity contribution in [2.45, 2.75) is 0 Å². The zero-order chi connectivity index (χ0) is 12.4. The van der Waals surface area contributed by atoms with Gasteiger partial charge in [-0.1, -0.05) is 0 Å². The molecule has 2 amide bonds. The van der Waals surface area contributed by atoms with E-state index in [4.69, 9.17) is 9.47 Å². The van der Waals surface area contributed by atoms with Crippen molar-refractivity contribution in [1.29, 1.82) is 0 Å². The van der Waals surface area contributed by atoms with Gasteiger partial charge >= 0.3 is 0 Å². The second-order valence-electron chi connectivity index (χ2n) is 3.48. The van der Waals surface area contributed by atoms with E-state index in [1.807, 2.05) is 0 Å². The van der Waals surface area contributed by atoms with Crippen molar-refractivity contribution in [2.75, 3.05) is 14.2 Å². The van der Waals surface area contributed by atoms with Crippen molar-refractivity contribution in [3.05, 3.63) is 29.8 Å². The van der Waals surface area contributed by atoms with Gasteiger partial charge in [-0.2, -0.15) is 0 Å². The van der Waals surface area contributed by atoms with Gasteiger partial charge in [0.2, 0.25) is 0 Å². The largest absolute Gasteiger partial charge is 0.497 e. The number of benzene rings is 1. The molecule has 2 rings (SSSR count). The van der Waals surface area contributed by atoms with Gasteiger partial charge in [-0.15, -0.1) is 0 Å². The average molecular weight is 233 g/mol. The number of imide groups is 1. The van der Waals surface area contributed by atoms with E-state index in [1.54, 1.807) is 18.2 Å². The van der Waals surface area contributed by atoms with Crippen LogP contribution in [0.15, 0.2) is 24.3 Å². The summed E-state index contributed by atoms with van der Waals surface area (Å²) in [6.45, 7) is 0. The molecule has 0 saturated heterocycles. The predicted octanol–water partition coefficient (Wildman–Crippen LogP) is 0.744. The molecule has 1 aromatic rings. The fraction of sp³-hybridized carbons (Fsp3) is 0.167. The van der Waals surface area contributed by atoms with Gasteiger partial charge in [-0.25, -0.2) is 0 Å². The monoisotopic (exact) mass is 233 g/mol. The third-order valence-corrected chi connectivity index (χ3v) is 2.42. The molecule has 88 valence electrons. The Morgan fingerprint density at radius 2 is 1.59 bits per heavy atom. The summed E-state index contributed by atoms with van der Waals surface area (Å²) in [7, 11) is 3.04. The molecular formula is C12H11NO4. The van der Waals surface area contributed by atoms with Crippen LogP contribution in [0.3, 0.4) is 0 Å². The van der Waals surface area contributed by atoms with E-state index in [0.29, 0.717) is 22.6 Å². The lowest BCUT2D eigenvalue weighted by atomic mass is 10.1. The van der Waals surface area contributed by atoms with E-state index in [-0.39, 0.29) is 0 Å². The molecule has 0 unspecified atom stereocenters. The van der Waals surface area contributed by atoms with Crippen LogP contribution >= 0.6 is 0 Å². The third kappa shape index (κ3) is 2.13. The summed E-state index contributed by atoms with van der Waals surface area (Å²) in [5.41, 5.74) is 0.900. The number of amides is 2. The summed E-state index contributed by atoms with van der Waals surface area (Å²) in [5, 5.41) is 2.19. The zero-order valence-corrected chi connectivity index (χ0v) is 9.44. The molecule has 0 aliphatic carbocycles. The number of carbonyl (C=O) groups is 2. The van der Waals surface area contributed by atoms with Crippen molar-refractivity contribution in [3.8, 4) is 11.5 Å². The van der Waals surface area contributed by atoms with Gasteiger partial charge in [0.05, 0.1) is 19.8 Å². The maximum atomic E-state index is 11.5. The van der Waals surface area contributed by atoms with Crippen molar-refractivity contribution in [2.24, 2.45) is 0 Å². The van der Waals surface area contributed by atoms with E-state index >= 15 is 0 Å². The van der Waals surface area contributed by atoms with Gasteiger partial charge in [0.1, 0.15) is 11.5 Å². The first-order valence-electron chi connectivity index (χ1n) is 4.94. The standard InChI is InChI=1S/C12H11NO4/c1-16-8-3-7(4-9(5-8)17-2)10-6-11(14)13-12(10)15/h3-6H,1-2H3,(H,13,14,15). The average Bonchev–Trinajstić information content (AvgIpc) is 2.67. The second kappa shape index (κ2) is 4.29. The lowest BCUT2D eigenvalue weighted by Gasteiger charge is -2.07. The quantitative estimate of drug-likeness (QED) is 0.782. The Morgan fingerprint density at radius 1 is 1.00 bits per heavy atom. The summed E-state index contributed by atoms with van der Waals surface area (Å²) in [5.74, 6) is 0.303. The fourth-order valence-corrected chi connectivity index (χ4v) is 1.59. The highest BCUT2D eigenvalue weighted by Crippen LogP contribution is 2.28. The molecule has 0 atom stereocenters. The topological polar surface area (TPSA) is 64.6 Å². The van der Waals surface area contributed by atoms with Crippen LogP contribution in [0.5, 0.6) is 11.5 Å². The van der Waals surface area contributed by atoms with E-state index in [1.165, 1.54) is 20.3 Å². The highest BCUT2D eigenvalue weighted by atomic mass is 16.5. The van der Waals surface area contributed by atoms with Crippen LogP contribution in [-0.2, 0) is 9.59 Å². The fourth-order valence-electron chi connectivity index (χ4n) is 1.59. The number of nitrogens with one attached hydrogen (secondary N) is 1. The highest BCUT2D eigenvalue weighted by molar-refractivity contribution is 6.33. The third-order valence-electron chi connectivity index (χ3n) is 2.42. The van der Waals surface area contributed by atoms with Gasteiger partial charge in [0.15, 0.2) is 0 Å². The van der Waals surface area contributed by atoms with Crippen molar-refractivity contribution < 1.29 is 19.1 Å². The molecule has 1 aromatic carbocycles. The van der Waals surface area contributed by atoms with Crippen molar-refractivity contribution >= 4 is 17.4 Å². The van der Waals surface area contributed by atoms with Crippen molar-refractivity contribution in [1.82, 2.24) is 5.32 Å². The van der Waals surface area contributed by atoms with E-state index in [0.717, 1.165) is 0 Å². The van der Waals surface area contributed by atoms with Gasteiger partial charge in [-0.05, 0) is 17.7 Å². The maximum Gasteiger partial charge on any atom is 0.258 e. The number of hydrogen-bond acceptors (Lipinski definition) is 4. The van der Waals surface area contributed by atoms with Crippen LogP contribution in [0.2, 0.25) is 0 Å². The van der Waals surface area contributed by atoms with E-state index in [2.05, 4.69) is 5.32 Å². The minimum absolute atomic E-state index is 0.312. The number of ether oxygens (including phenoxy) is 2. The molecule has 1 aliphatic rings. The Hall–Kier alpha value is -2.30. The summed E-state index contributed by atoms with van der Waals surface area (Å²) in [6.07, 6.45) is 1.26. The molecule has 0 spiro atoms. The number of rotatable bonds is 3. The molecule has 17 heavy (non-hydrogen) atoms. The van der Waals surface area contributed by atoms with E-state index < -0.39 is 11.8 Å². The zero-order valence-electron chi connectivity index (χ0n) is 9.44. The van der Waals surface area contributed by atoms with E-state index in [9.17, 15) is 9.59 Å². The van der Waals surface area contributed by atoms with Gasteiger partial charge in [0.25, 0.3) is 11.8 Å².